The van der Waals surface area contributed by atoms with Crippen molar-refractivity contribution >= 4 is 34.8 Å². The maximum atomic E-state index is 5.40. The van der Waals surface area contributed by atoms with Crippen LogP contribution in [0.2, 0.25) is 0 Å². The zero-order chi connectivity index (χ0) is 20.8. The van der Waals surface area contributed by atoms with Crippen molar-refractivity contribution in [1.82, 2.24) is 0 Å². The highest BCUT2D eigenvalue weighted by atomic mass is 31.1. The predicted molar refractivity (Wildman–Crippen MR) is 134 cm³/mol. The highest BCUT2D eigenvalue weighted by Crippen LogP contribution is 2.52. The fourth-order valence-corrected chi connectivity index (χ4v) is 7.33. The average molecular weight is 418 g/mol. The molecule has 1 nitrogen and oxygen atoms in total. The summed E-state index contributed by atoms with van der Waals surface area (Å²) in [5.74, 6) is 0.923. The second kappa shape index (κ2) is 7.52. The van der Waals surface area contributed by atoms with Gasteiger partial charge in [-0.2, -0.15) is 0 Å². The number of hydrogen-bond acceptors (Lipinski definition) is 1. The molecular weight excluding hydrogens is 395 g/mol. The van der Waals surface area contributed by atoms with Crippen molar-refractivity contribution in [2.75, 3.05) is 7.11 Å². The van der Waals surface area contributed by atoms with Crippen LogP contribution in [0.5, 0.6) is 5.75 Å². The number of ether oxygens (including phenoxy) is 1. The van der Waals surface area contributed by atoms with Gasteiger partial charge in [-0.25, -0.2) is 0 Å². The summed E-state index contributed by atoms with van der Waals surface area (Å²) >= 11 is 0. The molecule has 0 radical (unpaired) electrons. The van der Waals surface area contributed by atoms with Crippen molar-refractivity contribution in [3.05, 3.63) is 108 Å². The largest absolute Gasteiger partial charge is 0.497 e. The van der Waals surface area contributed by atoms with E-state index in [9.17, 15) is 0 Å². The highest BCUT2D eigenvalue weighted by Gasteiger charge is 2.25. The van der Waals surface area contributed by atoms with Crippen molar-refractivity contribution in [2.45, 2.75) is 12.3 Å². The summed E-state index contributed by atoms with van der Waals surface area (Å²) < 4.78 is 5.40. The molecule has 0 N–H and O–H groups in total. The van der Waals surface area contributed by atoms with Crippen LogP contribution in [0, 0.1) is 0 Å². The molecule has 0 saturated heterocycles. The summed E-state index contributed by atoms with van der Waals surface area (Å²) in [6.07, 6.45) is 2.20. The number of hydrogen-bond donors (Lipinski definition) is 0. The third-order valence-corrected chi connectivity index (χ3v) is 8.91. The number of fused-ring (bicyclic) bond motifs is 7. The summed E-state index contributed by atoms with van der Waals surface area (Å²) in [6.45, 7) is 0. The molecule has 5 aromatic rings. The summed E-state index contributed by atoms with van der Waals surface area (Å²) in [7, 11) is 1.38. The Hall–Kier alpha value is -3.15. The molecule has 0 spiro atoms. The second-order valence-electron chi connectivity index (χ2n) is 8.20. The number of methoxy groups -OCH3 is 1. The van der Waals surface area contributed by atoms with E-state index >= 15 is 0 Å². The summed E-state index contributed by atoms with van der Waals surface area (Å²) in [5, 5.41) is 6.80. The zero-order valence-corrected chi connectivity index (χ0v) is 18.4. The molecule has 0 bridgehead atoms. The minimum Gasteiger partial charge on any atom is -0.497 e. The molecule has 1 heterocycles. The lowest BCUT2D eigenvalue weighted by Crippen LogP contribution is -2.03. The molecule has 0 saturated carbocycles. The van der Waals surface area contributed by atoms with Gasteiger partial charge < -0.3 is 4.74 Å². The van der Waals surface area contributed by atoms with E-state index in [1.807, 2.05) is 0 Å². The van der Waals surface area contributed by atoms with E-state index in [1.54, 1.807) is 7.11 Å². The topological polar surface area (TPSA) is 9.23 Å². The first-order valence-electron chi connectivity index (χ1n) is 10.7. The highest BCUT2D eigenvalue weighted by molar-refractivity contribution is 7.64. The fourth-order valence-electron chi connectivity index (χ4n) is 4.93. The monoisotopic (exact) mass is 418 g/mol. The molecule has 0 aromatic heterocycles. The molecule has 0 atom stereocenters. The zero-order valence-electron chi connectivity index (χ0n) is 17.5. The van der Waals surface area contributed by atoms with E-state index in [1.165, 1.54) is 49.1 Å². The van der Waals surface area contributed by atoms with Crippen LogP contribution in [0.3, 0.4) is 0 Å². The Labute approximate surface area is 184 Å². The maximum absolute atomic E-state index is 5.40. The third kappa shape index (κ3) is 3.12. The smallest absolute Gasteiger partial charge is 0.118 e. The lowest BCUT2D eigenvalue weighted by molar-refractivity contribution is 0.415. The average Bonchev–Trinajstić information content (AvgIpc) is 3.01. The van der Waals surface area contributed by atoms with Crippen molar-refractivity contribution in [2.24, 2.45) is 0 Å². The van der Waals surface area contributed by atoms with Crippen molar-refractivity contribution in [3.63, 3.8) is 0 Å². The van der Waals surface area contributed by atoms with Crippen molar-refractivity contribution in [3.8, 4) is 16.9 Å². The predicted octanol–water partition coefficient (Wildman–Crippen LogP) is 7.49. The lowest BCUT2D eigenvalue weighted by Gasteiger charge is -2.17. The van der Waals surface area contributed by atoms with E-state index in [4.69, 9.17) is 4.74 Å². The normalized spacial score (nSPS) is 13.6. The molecule has 2 heteroatoms. The van der Waals surface area contributed by atoms with Crippen LogP contribution in [-0.2, 0) is 12.3 Å². The Morgan fingerprint density at radius 1 is 0.581 bits per heavy atom. The Kier molecular flexibility index (Phi) is 4.51. The summed E-state index contributed by atoms with van der Waals surface area (Å²) in [6, 6.07) is 35.7. The standard InChI is InChI=1S/C29H23OP/c1-30-24-14-16-25(17-15-24)31-18-22-12-10-20-6-2-4-8-26(20)28(22)29-23(19-31)13-11-21-7-3-5-9-27(21)29/h2-17H,18-19H2,1H3. The van der Waals surface area contributed by atoms with Crippen LogP contribution >= 0.6 is 7.92 Å². The number of rotatable bonds is 2. The van der Waals surface area contributed by atoms with Gasteiger partial charge in [0.2, 0.25) is 0 Å². The quantitative estimate of drug-likeness (QED) is 0.270. The van der Waals surface area contributed by atoms with E-state index in [0.717, 1.165) is 18.1 Å². The lowest BCUT2D eigenvalue weighted by atomic mass is 9.88. The first-order chi connectivity index (χ1) is 15.3. The van der Waals surface area contributed by atoms with Crippen molar-refractivity contribution < 1.29 is 4.74 Å². The molecular formula is C29H23OP. The Balaban J connectivity index is 1.64. The first kappa shape index (κ1) is 18.6. The fraction of sp³-hybridized carbons (Fsp3) is 0.103. The Morgan fingerprint density at radius 2 is 1.10 bits per heavy atom. The van der Waals surface area contributed by atoms with Crippen LogP contribution in [0.25, 0.3) is 32.7 Å². The molecule has 150 valence electrons. The molecule has 5 aromatic carbocycles. The van der Waals surface area contributed by atoms with Gasteiger partial charge >= 0.3 is 0 Å². The summed E-state index contributed by atoms with van der Waals surface area (Å²) in [4.78, 5) is 0. The van der Waals surface area contributed by atoms with Gasteiger partial charge in [0.25, 0.3) is 0 Å². The van der Waals surface area contributed by atoms with E-state index in [2.05, 4.69) is 97.1 Å². The first-order valence-corrected chi connectivity index (χ1v) is 12.4. The van der Waals surface area contributed by atoms with Crippen molar-refractivity contribution in [1.29, 1.82) is 0 Å². The molecule has 6 rings (SSSR count). The third-order valence-electron chi connectivity index (χ3n) is 6.44. The van der Waals surface area contributed by atoms with E-state index in [-0.39, 0.29) is 7.92 Å². The maximum Gasteiger partial charge on any atom is 0.118 e. The molecule has 0 amide bonds. The van der Waals surface area contributed by atoms with Gasteiger partial charge in [0.05, 0.1) is 7.11 Å². The van der Waals surface area contributed by atoms with Crippen LogP contribution in [0.4, 0.5) is 0 Å². The molecule has 1 aliphatic heterocycles. The van der Waals surface area contributed by atoms with E-state index in [0.29, 0.717) is 0 Å². The molecule has 1 aliphatic rings. The van der Waals surface area contributed by atoms with Crippen LogP contribution in [0.15, 0.2) is 97.1 Å². The Bertz CT molecular complexity index is 1330. The van der Waals surface area contributed by atoms with Gasteiger partial charge in [0.15, 0.2) is 0 Å². The molecule has 0 fully saturated rings. The van der Waals surface area contributed by atoms with Gasteiger partial charge in [-0.05, 0) is 73.6 Å². The van der Waals surface area contributed by atoms with Gasteiger partial charge in [0, 0.05) is 0 Å². The van der Waals surface area contributed by atoms with E-state index < -0.39 is 0 Å². The molecule has 0 unspecified atom stereocenters. The number of benzene rings is 5. The molecule has 31 heavy (non-hydrogen) atoms. The Morgan fingerprint density at radius 3 is 1.61 bits per heavy atom. The van der Waals surface area contributed by atoms with Crippen LogP contribution < -0.4 is 10.0 Å². The van der Waals surface area contributed by atoms with Crippen LogP contribution in [0.1, 0.15) is 11.1 Å². The van der Waals surface area contributed by atoms with Gasteiger partial charge in [-0.3, -0.25) is 0 Å². The second-order valence-corrected chi connectivity index (χ2v) is 10.4. The minimum absolute atomic E-state index is 0.350. The van der Waals surface area contributed by atoms with Gasteiger partial charge in [-0.1, -0.05) is 92.9 Å². The van der Waals surface area contributed by atoms with Gasteiger partial charge in [-0.15, -0.1) is 0 Å². The summed E-state index contributed by atoms with van der Waals surface area (Å²) in [5.41, 5.74) is 5.80. The van der Waals surface area contributed by atoms with Crippen LogP contribution in [-0.4, -0.2) is 7.11 Å². The minimum atomic E-state index is -0.350. The molecule has 0 aliphatic carbocycles. The SMILES string of the molecule is COc1ccc(P2Cc3ccc4ccccc4c3-c3c(ccc4ccccc34)C2)cc1. The van der Waals surface area contributed by atoms with Gasteiger partial charge in [0.1, 0.15) is 5.75 Å².